The zero-order chi connectivity index (χ0) is 24.8. The number of carboxylic acids is 2. The van der Waals surface area contributed by atoms with Crippen LogP contribution >= 0.6 is 0 Å². The number of carbonyl (C=O) groups is 3. The summed E-state index contributed by atoms with van der Waals surface area (Å²) < 4.78 is 0. The summed E-state index contributed by atoms with van der Waals surface area (Å²) in [6.07, 6.45) is -2.52. The maximum absolute atomic E-state index is 12.3. The third-order valence-corrected chi connectivity index (χ3v) is 5.39. The van der Waals surface area contributed by atoms with Crippen LogP contribution in [-0.4, -0.2) is 73.7 Å². The van der Waals surface area contributed by atoms with Crippen molar-refractivity contribution < 1.29 is 39.9 Å². The Kier molecular flexibility index (Phi) is 7.84. The molecule has 180 valence electrons. The highest BCUT2D eigenvalue weighted by Crippen LogP contribution is 2.30. The molecule has 0 saturated carbocycles. The summed E-state index contributed by atoms with van der Waals surface area (Å²) in [7, 11) is 0. The zero-order valence-electron chi connectivity index (χ0n) is 17.9. The van der Waals surface area contributed by atoms with E-state index in [2.05, 4.69) is 15.6 Å². The number of aromatic nitrogens is 1. The molecule has 34 heavy (non-hydrogen) atoms. The summed E-state index contributed by atoms with van der Waals surface area (Å²) in [5.74, 6) is -3.06. The highest BCUT2D eigenvalue weighted by atomic mass is 16.4. The number of phenolic OH excluding ortho intramolecular Hbond substituents is 1. The quantitative estimate of drug-likeness (QED) is 0.240. The number of aliphatic carboxylic acids is 2. The van der Waals surface area contributed by atoms with Gasteiger partial charge in [-0.1, -0.05) is 18.2 Å². The summed E-state index contributed by atoms with van der Waals surface area (Å²) in [6.45, 7) is 2.10. The zero-order valence-corrected chi connectivity index (χ0v) is 17.9. The molecule has 4 rings (SSSR count). The van der Waals surface area contributed by atoms with E-state index in [1.54, 1.807) is 12.1 Å². The van der Waals surface area contributed by atoms with Crippen LogP contribution in [0.5, 0.6) is 5.75 Å². The number of carboxylic acid groups (broad SMARTS) is 2. The monoisotopic (exact) mass is 471 g/mol. The molecule has 3 aromatic rings. The molecule has 0 fully saturated rings. The van der Waals surface area contributed by atoms with Crippen LogP contribution in [-0.2, 0) is 16.1 Å². The van der Waals surface area contributed by atoms with Crippen LogP contribution in [0.2, 0.25) is 0 Å². The molecule has 0 radical (unpaired) electrons. The average molecular weight is 471 g/mol. The Morgan fingerprint density at radius 2 is 1.68 bits per heavy atom. The first-order valence-corrected chi connectivity index (χ1v) is 10.4. The van der Waals surface area contributed by atoms with Gasteiger partial charge in [-0.15, -0.1) is 0 Å². The van der Waals surface area contributed by atoms with Crippen molar-refractivity contribution in [1.29, 1.82) is 0 Å². The normalized spacial score (nSPS) is 16.5. The van der Waals surface area contributed by atoms with Crippen LogP contribution in [0, 0.1) is 0 Å². The Morgan fingerprint density at radius 1 is 1.03 bits per heavy atom. The lowest BCUT2D eigenvalue weighted by atomic mass is 9.97. The lowest BCUT2D eigenvalue weighted by Gasteiger charge is -2.16. The smallest absolute Gasteiger partial charge is 0.335 e. The van der Waals surface area contributed by atoms with Crippen molar-refractivity contribution in [3.8, 4) is 5.75 Å². The molecule has 8 N–H and O–H groups in total. The molecule has 2 heterocycles. The van der Waals surface area contributed by atoms with Gasteiger partial charge in [-0.2, -0.15) is 0 Å². The number of aliphatic hydroxyl groups is 2. The van der Waals surface area contributed by atoms with Gasteiger partial charge in [0.15, 0.2) is 12.2 Å². The summed E-state index contributed by atoms with van der Waals surface area (Å²) in [5, 5.41) is 49.4. The molecule has 0 spiro atoms. The number of hydrogen-bond acceptors (Lipinski definition) is 7. The van der Waals surface area contributed by atoms with Crippen molar-refractivity contribution in [2.75, 3.05) is 13.1 Å². The molecule has 1 amide bonds. The Balaban J connectivity index is 0.000000277. The predicted octanol–water partition coefficient (Wildman–Crippen LogP) is 0.368. The van der Waals surface area contributed by atoms with E-state index in [0.29, 0.717) is 6.54 Å². The molecule has 0 bridgehead atoms. The average Bonchev–Trinajstić information content (AvgIpc) is 3.20. The lowest BCUT2D eigenvalue weighted by Crippen LogP contribution is -2.39. The van der Waals surface area contributed by atoms with E-state index in [1.807, 2.05) is 36.5 Å². The number of aliphatic hydroxyl groups excluding tert-OH is 2. The highest BCUT2D eigenvalue weighted by Gasteiger charge is 2.29. The van der Waals surface area contributed by atoms with Gasteiger partial charge in [-0.05, 0) is 35.4 Å². The Bertz CT molecular complexity index is 1160. The van der Waals surface area contributed by atoms with Crippen molar-refractivity contribution in [1.82, 2.24) is 15.6 Å². The number of nitrogens with one attached hydrogen (secondary N) is 3. The van der Waals surface area contributed by atoms with Crippen LogP contribution < -0.4 is 10.6 Å². The van der Waals surface area contributed by atoms with Gasteiger partial charge >= 0.3 is 11.9 Å². The summed E-state index contributed by atoms with van der Waals surface area (Å²) >= 11 is 0. The molecule has 0 saturated heterocycles. The SMILES string of the molecule is O=C(O)C(O)C(O)C(=O)O.O=C1NCC(CNCc2ccc(O)cc2)c2c[nH]c3cccc1c23. The number of rotatable bonds is 7. The molecule has 1 aromatic heterocycles. The first-order valence-electron chi connectivity index (χ1n) is 10.4. The van der Waals surface area contributed by atoms with Gasteiger partial charge in [0.05, 0.1) is 0 Å². The minimum absolute atomic E-state index is 0.0116. The summed E-state index contributed by atoms with van der Waals surface area (Å²) in [4.78, 5) is 35.1. The highest BCUT2D eigenvalue weighted by molar-refractivity contribution is 6.08. The Hall–Kier alpha value is -3.93. The predicted molar refractivity (Wildman–Crippen MR) is 120 cm³/mol. The molecule has 3 unspecified atom stereocenters. The van der Waals surface area contributed by atoms with Crippen molar-refractivity contribution in [2.45, 2.75) is 24.7 Å². The molecule has 0 aliphatic carbocycles. The number of aromatic hydroxyl groups is 1. The standard InChI is InChI=1S/C19H19N3O2.C4H6O6/c23-14-6-4-12(5-7-14)8-20-9-13-10-22-19(24)15-2-1-3-17-18(15)16(13)11-21-17;5-1(3(7)8)2(6)4(9)10/h1-7,11,13,20-21,23H,8-10H2,(H,22,24);1-2,5-6H,(H,7,8)(H,9,10). The van der Waals surface area contributed by atoms with Gasteiger partial charge in [0, 0.05) is 48.2 Å². The lowest BCUT2D eigenvalue weighted by molar-refractivity contribution is -0.165. The molecular weight excluding hydrogens is 446 g/mol. The number of amides is 1. The van der Waals surface area contributed by atoms with Crippen LogP contribution in [0.3, 0.4) is 0 Å². The number of H-pyrrole nitrogens is 1. The van der Waals surface area contributed by atoms with Gasteiger partial charge in [0.1, 0.15) is 5.75 Å². The first kappa shape index (κ1) is 24.7. The Labute approximate surface area is 193 Å². The van der Waals surface area contributed by atoms with E-state index in [1.165, 1.54) is 5.56 Å². The number of hydrogen-bond donors (Lipinski definition) is 8. The van der Waals surface area contributed by atoms with Gasteiger partial charge in [-0.3, -0.25) is 4.79 Å². The van der Waals surface area contributed by atoms with Crippen molar-refractivity contribution in [2.24, 2.45) is 0 Å². The van der Waals surface area contributed by atoms with E-state index >= 15 is 0 Å². The second-order valence-corrected chi connectivity index (χ2v) is 7.74. The molecule has 11 heteroatoms. The second kappa shape index (κ2) is 10.8. The topological polar surface area (TPSA) is 192 Å². The van der Waals surface area contributed by atoms with Crippen LogP contribution in [0.25, 0.3) is 10.9 Å². The summed E-state index contributed by atoms with van der Waals surface area (Å²) in [6, 6.07) is 13.0. The Morgan fingerprint density at radius 3 is 2.29 bits per heavy atom. The van der Waals surface area contributed by atoms with Crippen molar-refractivity contribution >= 4 is 28.7 Å². The molecule has 11 nitrogen and oxygen atoms in total. The van der Waals surface area contributed by atoms with E-state index < -0.39 is 24.1 Å². The first-order chi connectivity index (χ1) is 16.2. The van der Waals surface area contributed by atoms with Gasteiger partial charge in [-0.25, -0.2) is 9.59 Å². The molecular formula is C23H25N3O8. The second-order valence-electron chi connectivity index (χ2n) is 7.74. The van der Waals surface area contributed by atoms with Crippen molar-refractivity contribution in [3.63, 3.8) is 0 Å². The fourth-order valence-electron chi connectivity index (χ4n) is 3.60. The number of benzene rings is 2. The van der Waals surface area contributed by atoms with Gasteiger partial charge in [0.25, 0.3) is 5.91 Å². The fraction of sp³-hybridized carbons (Fsp3) is 0.261. The summed E-state index contributed by atoms with van der Waals surface area (Å²) in [5.41, 5.74) is 4.04. The van der Waals surface area contributed by atoms with Crippen LogP contribution in [0.15, 0.2) is 48.7 Å². The van der Waals surface area contributed by atoms with Gasteiger partial charge < -0.3 is 41.2 Å². The fourth-order valence-corrected chi connectivity index (χ4v) is 3.60. The van der Waals surface area contributed by atoms with E-state index in [0.717, 1.165) is 35.1 Å². The van der Waals surface area contributed by atoms with E-state index in [9.17, 15) is 19.5 Å². The van der Waals surface area contributed by atoms with Crippen LogP contribution in [0.4, 0.5) is 0 Å². The molecule has 2 aromatic carbocycles. The molecule has 3 atom stereocenters. The largest absolute Gasteiger partial charge is 0.508 e. The molecule has 1 aliphatic rings. The number of phenols is 1. The number of carbonyl (C=O) groups excluding carboxylic acids is 1. The third-order valence-electron chi connectivity index (χ3n) is 5.39. The maximum atomic E-state index is 12.3. The maximum Gasteiger partial charge on any atom is 0.335 e. The van der Waals surface area contributed by atoms with Crippen molar-refractivity contribution in [3.05, 3.63) is 65.4 Å². The van der Waals surface area contributed by atoms with Crippen LogP contribution in [0.1, 0.15) is 27.4 Å². The van der Waals surface area contributed by atoms with E-state index in [-0.39, 0.29) is 17.6 Å². The minimum Gasteiger partial charge on any atom is -0.508 e. The van der Waals surface area contributed by atoms with Gasteiger partial charge in [0.2, 0.25) is 0 Å². The molecule has 1 aliphatic heterocycles. The number of aromatic amines is 1. The van der Waals surface area contributed by atoms with E-state index in [4.69, 9.17) is 20.4 Å². The third kappa shape index (κ3) is 5.70. The minimum atomic E-state index is -2.27.